The Morgan fingerprint density at radius 3 is 2.89 bits per heavy atom. The third-order valence-electron chi connectivity index (χ3n) is 4.48. The van der Waals surface area contributed by atoms with Crippen LogP contribution in [0, 0.1) is 11.3 Å². The molecule has 2 aliphatic rings. The number of amides is 1. The lowest BCUT2D eigenvalue weighted by Gasteiger charge is -2.09. The maximum absolute atomic E-state index is 12.2. The number of fused-ring (bicyclic) bond motifs is 2. The number of hydrogen-bond acceptors (Lipinski definition) is 7. The van der Waals surface area contributed by atoms with Gasteiger partial charge in [-0.3, -0.25) is 4.79 Å². The average molecular weight is 384 g/mol. The highest BCUT2D eigenvalue weighted by Crippen LogP contribution is 2.37. The van der Waals surface area contributed by atoms with Crippen LogP contribution >= 0.6 is 11.3 Å². The van der Waals surface area contributed by atoms with Gasteiger partial charge >= 0.3 is 5.97 Å². The zero-order valence-electron chi connectivity index (χ0n) is 14.4. The minimum Gasteiger partial charge on any atom is -0.454 e. The number of benzene rings is 1. The van der Waals surface area contributed by atoms with Gasteiger partial charge in [-0.2, -0.15) is 5.26 Å². The van der Waals surface area contributed by atoms with Crippen molar-refractivity contribution in [1.82, 2.24) is 0 Å². The number of rotatable bonds is 4. The Hall–Kier alpha value is -3.05. The van der Waals surface area contributed by atoms with Crippen LogP contribution in [0.25, 0.3) is 0 Å². The number of anilines is 1. The molecule has 0 saturated carbocycles. The lowest BCUT2D eigenvalue weighted by atomic mass is 9.96. The number of carbonyl (C=O) groups is 2. The first-order valence-electron chi connectivity index (χ1n) is 8.57. The van der Waals surface area contributed by atoms with E-state index in [0.29, 0.717) is 22.1 Å². The van der Waals surface area contributed by atoms with Crippen LogP contribution in [0.4, 0.5) is 5.00 Å². The van der Waals surface area contributed by atoms with Crippen LogP contribution in [-0.4, -0.2) is 25.3 Å². The Labute approximate surface area is 159 Å². The number of aryl methyl sites for hydroxylation is 1. The zero-order valence-corrected chi connectivity index (χ0v) is 15.2. The Bertz CT molecular complexity index is 960. The molecule has 2 aromatic rings. The van der Waals surface area contributed by atoms with Crippen molar-refractivity contribution in [3.63, 3.8) is 0 Å². The second kappa shape index (κ2) is 7.29. The standard InChI is InChI=1S/C19H16N2O5S/c20-8-13-12-3-1-2-4-16(12)27-18(13)21-17(22)9-24-19(23)11-5-6-14-15(7-11)26-10-25-14/h5-7H,1-4,9-10H2,(H,21,22). The summed E-state index contributed by atoms with van der Waals surface area (Å²) in [6.07, 6.45) is 3.95. The Morgan fingerprint density at radius 2 is 2.04 bits per heavy atom. The van der Waals surface area contributed by atoms with Crippen LogP contribution in [0.5, 0.6) is 11.5 Å². The summed E-state index contributed by atoms with van der Waals surface area (Å²) < 4.78 is 15.5. The van der Waals surface area contributed by atoms with E-state index in [2.05, 4.69) is 11.4 Å². The van der Waals surface area contributed by atoms with E-state index in [1.54, 1.807) is 12.1 Å². The number of ether oxygens (including phenoxy) is 3. The van der Waals surface area contributed by atoms with Gasteiger partial charge < -0.3 is 19.5 Å². The fourth-order valence-electron chi connectivity index (χ4n) is 3.17. The monoisotopic (exact) mass is 384 g/mol. The number of nitrogens with zero attached hydrogens (tertiary/aromatic N) is 1. The molecule has 1 aliphatic carbocycles. The van der Waals surface area contributed by atoms with E-state index in [9.17, 15) is 14.9 Å². The third kappa shape index (κ3) is 3.46. The van der Waals surface area contributed by atoms with Crippen LogP contribution in [0.1, 0.15) is 39.2 Å². The van der Waals surface area contributed by atoms with Crippen LogP contribution < -0.4 is 14.8 Å². The van der Waals surface area contributed by atoms with Crippen molar-refractivity contribution >= 4 is 28.2 Å². The van der Waals surface area contributed by atoms with Gasteiger partial charge in [-0.25, -0.2) is 4.79 Å². The van der Waals surface area contributed by atoms with E-state index in [4.69, 9.17) is 14.2 Å². The Morgan fingerprint density at radius 1 is 1.22 bits per heavy atom. The van der Waals surface area contributed by atoms with Gasteiger partial charge in [0.05, 0.1) is 11.1 Å². The first kappa shape index (κ1) is 17.4. The third-order valence-corrected chi connectivity index (χ3v) is 5.69. The number of thiophene rings is 1. The van der Waals surface area contributed by atoms with E-state index in [0.717, 1.165) is 36.1 Å². The highest BCUT2D eigenvalue weighted by Gasteiger charge is 2.22. The first-order chi connectivity index (χ1) is 13.2. The van der Waals surface area contributed by atoms with Gasteiger partial charge in [-0.1, -0.05) is 0 Å². The molecule has 138 valence electrons. The summed E-state index contributed by atoms with van der Waals surface area (Å²) >= 11 is 1.43. The molecule has 2 heterocycles. The largest absolute Gasteiger partial charge is 0.454 e. The molecule has 1 amide bonds. The van der Waals surface area contributed by atoms with Gasteiger partial charge in [0.1, 0.15) is 11.1 Å². The fraction of sp³-hybridized carbons (Fsp3) is 0.316. The van der Waals surface area contributed by atoms with Crippen LogP contribution in [-0.2, 0) is 22.4 Å². The van der Waals surface area contributed by atoms with E-state index in [-0.39, 0.29) is 12.4 Å². The summed E-state index contributed by atoms with van der Waals surface area (Å²) in [4.78, 5) is 25.5. The maximum atomic E-state index is 12.2. The van der Waals surface area contributed by atoms with Crippen molar-refractivity contribution in [1.29, 1.82) is 5.26 Å². The molecule has 7 nitrogen and oxygen atoms in total. The Balaban J connectivity index is 1.38. The number of esters is 1. The van der Waals surface area contributed by atoms with E-state index in [1.807, 2.05) is 0 Å². The molecule has 0 atom stereocenters. The SMILES string of the molecule is N#Cc1c(NC(=O)COC(=O)c2ccc3c(c2)OCO3)sc2c1CCCC2. The molecule has 0 bridgehead atoms. The smallest absolute Gasteiger partial charge is 0.338 e. The molecular weight excluding hydrogens is 368 g/mol. The number of carbonyl (C=O) groups excluding carboxylic acids is 2. The van der Waals surface area contributed by atoms with Crippen molar-refractivity contribution in [2.45, 2.75) is 25.7 Å². The first-order valence-corrected chi connectivity index (χ1v) is 9.38. The van der Waals surface area contributed by atoms with Crippen molar-refractivity contribution in [3.8, 4) is 17.6 Å². The maximum Gasteiger partial charge on any atom is 0.338 e. The zero-order chi connectivity index (χ0) is 18.8. The number of nitriles is 1. The molecular formula is C19H16N2O5S. The lowest BCUT2D eigenvalue weighted by molar-refractivity contribution is -0.119. The van der Waals surface area contributed by atoms with Gasteiger partial charge in [0.25, 0.3) is 5.91 Å². The normalized spacial score (nSPS) is 14.2. The molecule has 1 aromatic heterocycles. The highest BCUT2D eigenvalue weighted by atomic mass is 32.1. The lowest BCUT2D eigenvalue weighted by Crippen LogP contribution is -2.20. The van der Waals surface area contributed by atoms with E-state index < -0.39 is 18.5 Å². The molecule has 0 unspecified atom stereocenters. The predicted octanol–water partition coefficient (Wildman–Crippen LogP) is 3.02. The van der Waals surface area contributed by atoms with Crippen molar-refractivity contribution in [3.05, 3.63) is 39.8 Å². The minimum absolute atomic E-state index is 0.113. The minimum atomic E-state index is -0.630. The van der Waals surface area contributed by atoms with Crippen LogP contribution in [0.15, 0.2) is 18.2 Å². The molecule has 4 rings (SSSR count). The van der Waals surface area contributed by atoms with Gasteiger partial charge in [-0.05, 0) is 49.4 Å². The molecule has 27 heavy (non-hydrogen) atoms. The Kier molecular flexibility index (Phi) is 4.69. The number of nitrogens with one attached hydrogen (secondary N) is 1. The van der Waals surface area contributed by atoms with E-state index >= 15 is 0 Å². The summed E-state index contributed by atoms with van der Waals surface area (Å²) in [6.45, 7) is -0.317. The molecule has 0 spiro atoms. The summed E-state index contributed by atoms with van der Waals surface area (Å²) in [5, 5.41) is 12.7. The summed E-state index contributed by atoms with van der Waals surface area (Å²) in [6, 6.07) is 6.87. The molecule has 0 saturated heterocycles. The van der Waals surface area contributed by atoms with Crippen molar-refractivity contribution < 1.29 is 23.8 Å². The van der Waals surface area contributed by atoms with Gasteiger partial charge in [0.15, 0.2) is 18.1 Å². The van der Waals surface area contributed by atoms with E-state index in [1.165, 1.54) is 17.4 Å². The predicted molar refractivity (Wildman–Crippen MR) is 97.2 cm³/mol. The van der Waals surface area contributed by atoms with Crippen molar-refractivity contribution in [2.75, 3.05) is 18.7 Å². The molecule has 0 radical (unpaired) electrons. The molecule has 1 aliphatic heterocycles. The number of hydrogen-bond donors (Lipinski definition) is 1. The average Bonchev–Trinajstić information content (AvgIpc) is 3.29. The van der Waals surface area contributed by atoms with Crippen LogP contribution in [0.3, 0.4) is 0 Å². The van der Waals surface area contributed by atoms with Gasteiger partial charge in [0, 0.05) is 4.88 Å². The van der Waals surface area contributed by atoms with Crippen molar-refractivity contribution in [2.24, 2.45) is 0 Å². The highest BCUT2D eigenvalue weighted by molar-refractivity contribution is 7.16. The molecule has 1 N–H and O–H groups in total. The molecule has 8 heteroatoms. The second-order valence-corrected chi connectivity index (χ2v) is 7.32. The van der Waals surface area contributed by atoms with Gasteiger partial charge in [0.2, 0.25) is 6.79 Å². The summed E-state index contributed by atoms with van der Waals surface area (Å²) in [7, 11) is 0. The summed E-state index contributed by atoms with van der Waals surface area (Å²) in [5.41, 5.74) is 1.85. The summed E-state index contributed by atoms with van der Waals surface area (Å²) in [5.74, 6) is -0.0691. The quantitative estimate of drug-likeness (QED) is 0.814. The molecule has 0 fully saturated rings. The van der Waals surface area contributed by atoms with Gasteiger partial charge in [-0.15, -0.1) is 11.3 Å². The topological polar surface area (TPSA) is 97.7 Å². The second-order valence-electron chi connectivity index (χ2n) is 6.22. The molecule has 1 aromatic carbocycles. The van der Waals surface area contributed by atoms with Crippen LogP contribution in [0.2, 0.25) is 0 Å². The fourth-order valence-corrected chi connectivity index (χ4v) is 4.43.